The molecule has 4 amide bonds. The Kier molecular flexibility index (Phi) is 6.43. The van der Waals surface area contributed by atoms with Gasteiger partial charge < -0.3 is 4.90 Å². The zero-order chi connectivity index (χ0) is 21.7. The smallest absolute Gasteiger partial charge is 0.316 e. The Morgan fingerprint density at radius 1 is 1.07 bits per heavy atom. The van der Waals surface area contributed by atoms with Crippen molar-refractivity contribution in [2.45, 2.75) is 13.5 Å². The Balaban J connectivity index is 1.86. The van der Waals surface area contributed by atoms with E-state index in [0.717, 1.165) is 0 Å². The van der Waals surface area contributed by atoms with Crippen LogP contribution in [0.1, 0.15) is 22.8 Å². The van der Waals surface area contributed by atoms with Crippen molar-refractivity contribution in [2.24, 2.45) is 0 Å². The third-order valence-electron chi connectivity index (χ3n) is 4.67. The first-order valence-corrected chi connectivity index (χ1v) is 9.21. The summed E-state index contributed by atoms with van der Waals surface area (Å²) >= 11 is 0. The lowest BCUT2D eigenvalue weighted by Gasteiger charge is -2.33. The van der Waals surface area contributed by atoms with Gasteiger partial charge in [0.1, 0.15) is 5.82 Å². The van der Waals surface area contributed by atoms with Crippen molar-refractivity contribution in [3.63, 3.8) is 0 Å². The number of anilines is 1. The van der Waals surface area contributed by atoms with Crippen LogP contribution in [0, 0.1) is 5.82 Å². The summed E-state index contributed by atoms with van der Waals surface area (Å²) in [6, 6.07) is 11.6. The maximum atomic E-state index is 13.8. The Morgan fingerprint density at radius 2 is 1.73 bits per heavy atom. The molecule has 0 spiro atoms. The monoisotopic (exact) mass is 412 g/mol. The molecular weight excluding hydrogens is 391 g/mol. The number of amides is 4. The number of urea groups is 1. The fourth-order valence-corrected chi connectivity index (χ4v) is 3.02. The standard InChI is InChI=1S/C21H21FN4O4/c1-15(27)24-9-11-25(12-10-24)21(29)26(19-4-2-3-18(22)13-19)14-16-5-7-17(8-6-16)20(28)23-30/h2-9,11,13,30H,10,12,14H2,1H3,(H,23,28). The molecule has 9 heteroatoms. The van der Waals surface area contributed by atoms with Gasteiger partial charge in [0, 0.05) is 43.7 Å². The predicted octanol–water partition coefficient (Wildman–Crippen LogP) is 2.71. The topological polar surface area (TPSA) is 93.2 Å². The van der Waals surface area contributed by atoms with E-state index in [-0.39, 0.29) is 24.0 Å². The van der Waals surface area contributed by atoms with Crippen molar-refractivity contribution in [3.05, 3.63) is 77.9 Å². The van der Waals surface area contributed by atoms with Crippen molar-refractivity contribution in [3.8, 4) is 0 Å². The molecule has 1 aliphatic rings. The Hall–Kier alpha value is -3.72. The minimum Gasteiger partial charge on any atom is -0.316 e. The van der Waals surface area contributed by atoms with Crippen LogP contribution >= 0.6 is 0 Å². The van der Waals surface area contributed by atoms with Gasteiger partial charge in [-0.15, -0.1) is 0 Å². The molecule has 0 unspecified atom stereocenters. The predicted molar refractivity (Wildman–Crippen MR) is 107 cm³/mol. The highest BCUT2D eigenvalue weighted by Crippen LogP contribution is 2.22. The van der Waals surface area contributed by atoms with Gasteiger partial charge >= 0.3 is 6.03 Å². The van der Waals surface area contributed by atoms with Gasteiger partial charge in [0.25, 0.3) is 5.91 Å². The van der Waals surface area contributed by atoms with Crippen LogP contribution in [0.25, 0.3) is 0 Å². The summed E-state index contributed by atoms with van der Waals surface area (Å²) in [5.74, 6) is -1.24. The van der Waals surface area contributed by atoms with Gasteiger partial charge in [-0.1, -0.05) is 18.2 Å². The molecule has 8 nitrogen and oxygen atoms in total. The highest BCUT2D eigenvalue weighted by Gasteiger charge is 2.25. The Morgan fingerprint density at radius 3 is 2.30 bits per heavy atom. The van der Waals surface area contributed by atoms with Crippen LogP contribution in [0.4, 0.5) is 14.9 Å². The van der Waals surface area contributed by atoms with E-state index in [4.69, 9.17) is 5.21 Å². The van der Waals surface area contributed by atoms with E-state index in [0.29, 0.717) is 24.3 Å². The molecule has 2 aromatic rings. The molecule has 0 fully saturated rings. The van der Waals surface area contributed by atoms with E-state index in [1.165, 1.54) is 64.4 Å². The number of rotatable bonds is 4. The highest BCUT2D eigenvalue weighted by atomic mass is 19.1. The van der Waals surface area contributed by atoms with Gasteiger partial charge in [-0.05, 0) is 35.9 Å². The summed E-state index contributed by atoms with van der Waals surface area (Å²) in [6.45, 7) is 2.24. The average molecular weight is 412 g/mol. The highest BCUT2D eigenvalue weighted by molar-refractivity contribution is 5.94. The zero-order valence-corrected chi connectivity index (χ0v) is 16.3. The van der Waals surface area contributed by atoms with E-state index in [1.54, 1.807) is 23.7 Å². The molecule has 1 aliphatic heterocycles. The molecule has 0 aliphatic carbocycles. The van der Waals surface area contributed by atoms with Crippen LogP contribution in [0.15, 0.2) is 60.9 Å². The Labute approximate surface area is 172 Å². The first kappa shape index (κ1) is 21.0. The van der Waals surface area contributed by atoms with E-state index < -0.39 is 11.7 Å². The molecule has 0 radical (unpaired) electrons. The third-order valence-corrected chi connectivity index (χ3v) is 4.67. The summed E-state index contributed by atoms with van der Waals surface area (Å²) in [5, 5.41) is 8.72. The van der Waals surface area contributed by atoms with Crippen LogP contribution in [0.3, 0.4) is 0 Å². The fraction of sp³-hybridized carbons (Fsp3) is 0.190. The van der Waals surface area contributed by atoms with Gasteiger partial charge in [-0.25, -0.2) is 14.7 Å². The third kappa shape index (κ3) is 4.81. The molecule has 1 heterocycles. The van der Waals surface area contributed by atoms with E-state index >= 15 is 0 Å². The van der Waals surface area contributed by atoms with Gasteiger partial charge in [0.05, 0.1) is 6.54 Å². The molecule has 2 N–H and O–H groups in total. The SMILES string of the molecule is CC(=O)N1C=CN(C(=O)N(Cc2ccc(C(=O)NO)cc2)c2cccc(F)c2)CC1. The maximum Gasteiger partial charge on any atom is 0.328 e. The van der Waals surface area contributed by atoms with E-state index in [1.807, 2.05) is 0 Å². The number of carbonyl (C=O) groups excluding carboxylic acids is 3. The molecule has 0 atom stereocenters. The summed E-state index contributed by atoms with van der Waals surface area (Å²) in [7, 11) is 0. The normalized spacial score (nSPS) is 13.2. The molecule has 3 rings (SSSR count). The second-order valence-electron chi connectivity index (χ2n) is 6.69. The van der Waals surface area contributed by atoms with Crippen molar-refractivity contribution < 1.29 is 24.0 Å². The largest absolute Gasteiger partial charge is 0.328 e. The number of nitrogens with zero attached hydrogens (tertiary/aromatic N) is 3. The van der Waals surface area contributed by atoms with Gasteiger partial charge in [-0.3, -0.25) is 24.6 Å². The van der Waals surface area contributed by atoms with Crippen molar-refractivity contribution in [1.29, 1.82) is 0 Å². The molecule has 156 valence electrons. The number of hydroxylamine groups is 1. The number of benzene rings is 2. The van der Waals surface area contributed by atoms with Crippen LogP contribution in [0.2, 0.25) is 0 Å². The van der Waals surface area contributed by atoms with E-state index in [2.05, 4.69) is 0 Å². The summed E-state index contributed by atoms with van der Waals surface area (Å²) < 4.78 is 13.8. The molecule has 0 saturated heterocycles. The number of hydrogen-bond acceptors (Lipinski definition) is 4. The lowest BCUT2D eigenvalue weighted by atomic mass is 10.1. The van der Waals surface area contributed by atoms with Crippen LogP contribution in [0.5, 0.6) is 0 Å². The van der Waals surface area contributed by atoms with Crippen molar-refractivity contribution in [2.75, 3.05) is 18.0 Å². The minimum atomic E-state index is -0.645. The lowest BCUT2D eigenvalue weighted by molar-refractivity contribution is -0.126. The lowest BCUT2D eigenvalue weighted by Crippen LogP contribution is -2.46. The first-order valence-electron chi connectivity index (χ1n) is 9.21. The number of nitrogens with one attached hydrogen (secondary N) is 1. The van der Waals surface area contributed by atoms with Gasteiger partial charge in [0.2, 0.25) is 5.91 Å². The molecule has 30 heavy (non-hydrogen) atoms. The van der Waals surface area contributed by atoms with Crippen molar-refractivity contribution in [1.82, 2.24) is 15.3 Å². The zero-order valence-electron chi connectivity index (χ0n) is 16.3. The summed E-state index contributed by atoms with van der Waals surface area (Å²) in [6.07, 6.45) is 3.06. The summed E-state index contributed by atoms with van der Waals surface area (Å²) in [5.41, 5.74) is 2.89. The number of halogens is 1. The fourth-order valence-electron chi connectivity index (χ4n) is 3.02. The second-order valence-corrected chi connectivity index (χ2v) is 6.69. The van der Waals surface area contributed by atoms with Gasteiger partial charge in [-0.2, -0.15) is 0 Å². The van der Waals surface area contributed by atoms with Crippen molar-refractivity contribution >= 4 is 23.5 Å². The van der Waals surface area contributed by atoms with Crippen LogP contribution in [-0.4, -0.2) is 45.9 Å². The maximum absolute atomic E-state index is 13.8. The number of carbonyl (C=O) groups is 3. The van der Waals surface area contributed by atoms with Crippen LogP contribution < -0.4 is 10.4 Å². The number of hydrogen-bond donors (Lipinski definition) is 2. The molecule has 0 saturated carbocycles. The van der Waals surface area contributed by atoms with Crippen LogP contribution in [-0.2, 0) is 11.3 Å². The Bertz CT molecular complexity index is 977. The summed E-state index contributed by atoms with van der Waals surface area (Å²) in [4.78, 5) is 40.5. The quantitative estimate of drug-likeness (QED) is 0.597. The average Bonchev–Trinajstić information content (AvgIpc) is 2.77. The second kappa shape index (κ2) is 9.19. The first-order chi connectivity index (χ1) is 14.4. The molecule has 0 aromatic heterocycles. The molecule has 2 aromatic carbocycles. The van der Waals surface area contributed by atoms with E-state index in [9.17, 15) is 18.8 Å². The van der Waals surface area contributed by atoms with Gasteiger partial charge in [0.15, 0.2) is 0 Å². The molecular formula is C21H21FN4O4. The molecule has 0 bridgehead atoms. The minimum absolute atomic E-state index is 0.118.